The number of methoxy groups -OCH3 is 1. The summed E-state index contributed by atoms with van der Waals surface area (Å²) in [5.41, 5.74) is 2.01. The fraction of sp³-hybridized carbons (Fsp3) is 0.409. The molecule has 0 radical (unpaired) electrons. The second-order valence-electron chi connectivity index (χ2n) is 6.94. The van der Waals surface area contributed by atoms with Gasteiger partial charge in [-0.05, 0) is 61.9 Å². The molecule has 0 bridgehead atoms. The van der Waals surface area contributed by atoms with Crippen molar-refractivity contribution >= 4 is 17.7 Å². The first-order valence-electron chi connectivity index (χ1n) is 9.46. The Hall–Kier alpha value is -1.98. The molecule has 1 N–H and O–H groups in total. The minimum Gasteiger partial charge on any atom is -0.496 e. The Morgan fingerprint density at radius 2 is 1.85 bits per heavy atom. The van der Waals surface area contributed by atoms with Crippen molar-refractivity contribution in [3.8, 4) is 5.75 Å². The highest BCUT2D eigenvalue weighted by molar-refractivity contribution is 7.98. The molecule has 0 saturated carbocycles. The molecule has 1 aliphatic rings. The summed E-state index contributed by atoms with van der Waals surface area (Å²) < 4.78 is 5.28. The zero-order chi connectivity index (χ0) is 19.1. The Morgan fingerprint density at radius 1 is 1.15 bits per heavy atom. The molecule has 2 aromatic rings. The number of piperidine rings is 1. The van der Waals surface area contributed by atoms with Crippen molar-refractivity contribution in [1.29, 1.82) is 0 Å². The van der Waals surface area contributed by atoms with Gasteiger partial charge < -0.3 is 10.1 Å². The van der Waals surface area contributed by atoms with Crippen LogP contribution in [0.5, 0.6) is 5.75 Å². The lowest BCUT2D eigenvalue weighted by Crippen LogP contribution is -2.38. The highest BCUT2D eigenvalue weighted by atomic mass is 32.2. The van der Waals surface area contributed by atoms with Crippen molar-refractivity contribution in [2.45, 2.75) is 24.3 Å². The summed E-state index contributed by atoms with van der Waals surface area (Å²) in [4.78, 5) is 16.3. The zero-order valence-corrected chi connectivity index (χ0v) is 16.9. The van der Waals surface area contributed by atoms with Gasteiger partial charge >= 0.3 is 0 Å². The molecule has 0 aliphatic carbocycles. The van der Waals surface area contributed by atoms with Crippen LogP contribution < -0.4 is 10.1 Å². The number of rotatable bonds is 7. The van der Waals surface area contributed by atoms with Crippen LogP contribution in [-0.4, -0.2) is 43.8 Å². The summed E-state index contributed by atoms with van der Waals surface area (Å²) in [6.45, 7) is 3.90. The molecule has 1 fully saturated rings. The molecule has 2 aromatic carbocycles. The van der Waals surface area contributed by atoms with Gasteiger partial charge in [0, 0.05) is 18.0 Å². The Labute approximate surface area is 166 Å². The number of nitrogens with one attached hydrogen (secondary N) is 1. The van der Waals surface area contributed by atoms with Gasteiger partial charge in [-0.2, -0.15) is 0 Å². The second-order valence-corrected chi connectivity index (χ2v) is 7.79. The molecule has 27 heavy (non-hydrogen) atoms. The Bertz CT molecular complexity index is 757. The van der Waals surface area contributed by atoms with Crippen LogP contribution in [-0.2, 0) is 6.54 Å². The van der Waals surface area contributed by atoms with E-state index in [1.807, 2.05) is 30.0 Å². The largest absolute Gasteiger partial charge is 0.496 e. The predicted molar refractivity (Wildman–Crippen MR) is 112 cm³/mol. The fourth-order valence-corrected chi connectivity index (χ4v) is 4.20. The van der Waals surface area contributed by atoms with Crippen LogP contribution in [0.4, 0.5) is 0 Å². The number of thioether (sulfide) groups is 1. The molecule has 4 nitrogen and oxygen atoms in total. The number of hydrogen-bond donors (Lipinski definition) is 1. The summed E-state index contributed by atoms with van der Waals surface area (Å²) >= 11 is 1.81. The van der Waals surface area contributed by atoms with Gasteiger partial charge in [-0.1, -0.05) is 30.3 Å². The summed E-state index contributed by atoms with van der Waals surface area (Å²) in [7, 11) is 1.59. The van der Waals surface area contributed by atoms with Crippen LogP contribution in [0.25, 0.3) is 0 Å². The first-order chi connectivity index (χ1) is 13.2. The number of likely N-dealkylation sites (tertiary alicyclic amines) is 1. The third-order valence-electron chi connectivity index (χ3n) is 5.20. The Kier molecular flexibility index (Phi) is 7.18. The standard InChI is InChI=1S/C22H28N2O2S/c1-26-20-9-5-4-8-19(20)22(25)23-15-17-11-13-24(14-12-17)16-18-7-3-6-10-21(18)27-2/h3-10,17H,11-16H2,1-2H3,(H,23,25). The van der Waals surface area contributed by atoms with Gasteiger partial charge in [-0.25, -0.2) is 0 Å². The van der Waals surface area contributed by atoms with Crippen molar-refractivity contribution in [2.24, 2.45) is 5.92 Å². The van der Waals surface area contributed by atoms with E-state index in [9.17, 15) is 4.79 Å². The molecule has 5 heteroatoms. The van der Waals surface area contributed by atoms with Crippen molar-refractivity contribution in [3.63, 3.8) is 0 Å². The molecule has 144 valence electrons. The maximum absolute atomic E-state index is 12.4. The fourth-order valence-electron chi connectivity index (χ4n) is 3.59. The van der Waals surface area contributed by atoms with Gasteiger partial charge in [-0.15, -0.1) is 11.8 Å². The van der Waals surface area contributed by atoms with E-state index in [2.05, 4.69) is 40.7 Å². The van der Waals surface area contributed by atoms with Gasteiger partial charge in [-0.3, -0.25) is 9.69 Å². The van der Waals surface area contributed by atoms with Gasteiger partial charge in [0.2, 0.25) is 0 Å². The maximum atomic E-state index is 12.4. The van der Waals surface area contributed by atoms with Crippen LogP contribution >= 0.6 is 11.8 Å². The summed E-state index contributed by atoms with van der Waals surface area (Å²) in [6, 6.07) is 16.0. The van der Waals surface area contributed by atoms with E-state index in [4.69, 9.17) is 4.74 Å². The third-order valence-corrected chi connectivity index (χ3v) is 6.03. The van der Waals surface area contributed by atoms with E-state index in [1.165, 1.54) is 10.5 Å². The molecule has 0 aromatic heterocycles. The van der Waals surface area contributed by atoms with E-state index in [0.717, 1.165) is 39.0 Å². The lowest BCUT2D eigenvalue weighted by Gasteiger charge is -2.32. The average molecular weight is 385 g/mol. The van der Waals surface area contributed by atoms with Crippen LogP contribution in [0.2, 0.25) is 0 Å². The summed E-state index contributed by atoms with van der Waals surface area (Å²) in [5.74, 6) is 1.11. The molecule has 1 aliphatic heterocycles. The van der Waals surface area contributed by atoms with Crippen LogP contribution in [0.1, 0.15) is 28.8 Å². The van der Waals surface area contributed by atoms with E-state index < -0.39 is 0 Å². The maximum Gasteiger partial charge on any atom is 0.255 e. The first kappa shape index (κ1) is 19.8. The van der Waals surface area contributed by atoms with Crippen molar-refractivity contribution in [1.82, 2.24) is 10.2 Å². The number of carbonyl (C=O) groups excluding carboxylic acids is 1. The number of amides is 1. The molecule has 1 heterocycles. The van der Waals surface area contributed by atoms with Crippen LogP contribution in [0.3, 0.4) is 0 Å². The van der Waals surface area contributed by atoms with Crippen molar-refractivity contribution in [3.05, 3.63) is 59.7 Å². The SMILES string of the molecule is COc1ccccc1C(=O)NCC1CCN(Cc2ccccc2SC)CC1. The molecule has 0 unspecified atom stereocenters. The van der Waals surface area contributed by atoms with Gasteiger partial charge in [0.15, 0.2) is 0 Å². The first-order valence-corrected chi connectivity index (χ1v) is 10.7. The lowest BCUT2D eigenvalue weighted by molar-refractivity contribution is 0.0932. The topological polar surface area (TPSA) is 41.6 Å². The van der Waals surface area contributed by atoms with E-state index >= 15 is 0 Å². The minimum absolute atomic E-state index is 0.0521. The number of carbonyl (C=O) groups is 1. The van der Waals surface area contributed by atoms with E-state index in [-0.39, 0.29) is 5.91 Å². The Morgan fingerprint density at radius 3 is 2.59 bits per heavy atom. The summed E-state index contributed by atoms with van der Waals surface area (Å²) in [5, 5.41) is 3.09. The van der Waals surface area contributed by atoms with E-state index in [1.54, 1.807) is 13.2 Å². The number of hydrogen-bond acceptors (Lipinski definition) is 4. The van der Waals surface area contributed by atoms with Gasteiger partial charge in [0.1, 0.15) is 5.75 Å². The molecular weight excluding hydrogens is 356 g/mol. The molecule has 0 spiro atoms. The normalized spacial score (nSPS) is 15.5. The van der Waals surface area contributed by atoms with Crippen molar-refractivity contribution in [2.75, 3.05) is 33.0 Å². The third kappa shape index (κ3) is 5.27. The van der Waals surface area contributed by atoms with Crippen molar-refractivity contribution < 1.29 is 9.53 Å². The van der Waals surface area contributed by atoms with E-state index in [0.29, 0.717) is 17.2 Å². The molecule has 1 amide bonds. The summed E-state index contributed by atoms with van der Waals surface area (Å²) in [6.07, 6.45) is 4.37. The van der Waals surface area contributed by atoms with Crippen LogP contribution in [0, 0.1) is 5.92 Å². The molecule has 0 atom stereocenters. The molecule has 3 rings (SSSR count). The van der Waals surface area contributed by atoms with Gasteiger partial charge in [0.25, 0.3) is 5.91 Å². The highest BCUT2D eigenvalue weighted by Gasteiger charge is 2.21. The number of nitrogens with zero attached hydrogens (tertiary/aromatic N) is 1. The molecule has 1 saturated heterocycles. The average Bonchev–Trinajstić information content (AvgIpc) is 2.73. The lowest BCUT2D eigenvalue weighted by atomic mass is 9.96. The molecular formula is C22H28N2O2S. The predicted octanol–water partition coefficient (Wildman–Crippen LogP) is 4.06. The quantitative estimate of drug-likeness (QED) is 0.731. The van der Waals surface area contributed by atoms with Gasteiger partial charge in [0.05, 0.1) is 12.7 Å². The number of para-hydroxylation sites is 1. The number of ether oxygens (including phenoxy) is 1. The van der Waals surface area contributed by atoms with Crippen LogP contribution in [0.15, 0.2) is 53.4 Å². The highest BCUT2D eigenvalue weighted by Crippen LogP contribution is 2.24. The smallest absolute Gasteiger partial charge is 0.255 e. The number of benzene rings is 2. The monoisotopic (exact) mass is 384 g/mol. The minimum atomic E-state index is -0.0521. The Balaban J connectivity index is 1.46. The second kappa shape index (κ2) is 9.81. The zero-order valence-electron chi connectivity index (χ0n) is 16.1.